The van der Waals surface area contributed by atoms with Gasteiger partial charge >= 0.3 is 0 Å². The monoisotopic (exact) mass is 269 g/mol. The number of alkyl halides is 1. The van der Waals surface area contributed by atoms with E-state index in [0.29, 0.717) is 0 Å². The van der Waals surface area contributed by atoms with Gasteiger partial charge in [-0.15, -0.1) is 0 Å². The van der Waals surface area contributed by atoms with Crippen LogP contribution in [0.2, 0.25) is 0 Å². The highest BCUT2D eigenvalue weighted by molar-refractivity contribution is 9.09. The Morgan fingerprint density at radius 2 is 1.53 bits per heavy atom. The lowest BCUT2D eigenvalue weighted by Gasteiger charge is -2.23. The predicted molar refractivity (Wildman–Crippen MR) is 70.5 cm³/mol. The molecule has 1 aromatic carbocycles. The number of hydrogen-bond acceptors (Lipinski definition) is 1. The minimum absolute atomic E-state index is 0.0634. The Hall–Kier alpha value is -0.340. The van der Waals surface area contributed by atoms with Crippen LogP contribution in [0.1, 0.15) is 48.0 Å². The molecule has 0 aliphatic rings. The average molecular weight is 270 g/mol. The van der Waals surface area contributed by atoms with Gasteiger partial charge in [0.05, 0.1) is 4.95 Å². The molecular weight excluding hydrogens is 250 g/mol. The van der Waals surface area contributed by atoms with E-state index >= 15 is 0 Å². The van der Waals surface area contributed by atoms with E-state index < -0.39 is 0 Å². The molecule has 0 aliphatic heterocycles. The van der Waals surface area contributed by atoms with Crippen molar-refractivity contribution in [2.75, 3.05) is 0 Å². The summed E-state index contributed by atoms with van der Waals surface area (Å²) >= 11 is 3.44. The van der Waals surface area contributed by atoms with Crippen molar-refractivity contribution in [2.24, 2.45) is 5.73 Å². The number of benzene rings is 1. The molecule has 84 valence electrons. The summed E-state index contributed by atoms with van der Waals surface area (Å²) in [4.78, 5) is -0.0634. The summed E-state index contributed by atoms with van der Waals surface area (Å²) in [5.74, 6) is 0. The SMILES string of the molecule is Cc1cc(C(C)(C)C)cc(C)c1C(N)Br. The summed E-state index contributed by atoms with van der Waals surface area (Å²) in [5.41, 5.74) is 11.2. The second-order valence-electron chi connectivity index (χ2n) is 5.18. The van der Waals surface area contributed by atoms with E-state index in [9.17, 15) is 0 Å². The third kappa shape index (κ3) is 2.82. The molecule has 0 amide bonds. The maximum absolute atomic E-state index is 5.89. The molecule has 0 fully saturated rings. The summed E-state index contributed by atoms with van der Waals surface area (Å²) in [6.45, 7) is 10.9. The Morgan fingerprint density at radius 3 is 1.80 bits per heavy atom. The molecule has 0 saturated carbocycles. The fraction of sp³-hybridized carbons (Fsp3) is 0.538. The molecule has 2 heteroatoms. The number of halogens is 1. The number of nitrogens with two attached hydrogens (primary N) is 1. The molecule has 1 nitrogen and oxygen atoms in total. The fourth-order valence-electron chi connectivity index (χ4n) is 1.84. The summed E-state index contributed by atoms with van der Waals surface area (Å²) in [6, 6.07) is 4.48. The quantitative estimate of drug-likeness (QED) is 0.606. The van der Waals surface area contributed by atoms with Crippen LogP contribution in [0.5, 0.6) is 0 Å². The normalized spacial score (nSPS) is 14.1. The maximum Gasteiger partial charge on any atom is 0.0866 e. The Balaban J connectivity index is 3.32. The molecule has 0 bridgehead atoms. The Kier molecular flexibility index (Phi) is 3.62. The highest BCUT2D eigenvalue weighted by atomic mass is 79.9. The van der Waals surface area contributed by atoms with Gasteiger partial charge in [0, 0.05) is 0 Å². The van der Waals surface area contributed by atoms with Gasteiger partial charge in [-0.2, -0.15) is 0 Å². The van der Waals surface area contributed by atoms with Crippen LogP contribution in [0.3, 0.4) is 0 Å². The van der Waals surface area contributed by atoms with Crippen molar-refractivity contribution in [1.82, 2.24) is 0 Å². The van der Waals surface area contributed by atoms with Crippen LogP contribution in [-0.2, 0) is 5.41 Å². The van der Waals surface area contributed by atoms with Gasteiger partial charge in [0.2, 0.25) is 0 Å². The molecule has 0 spiro atoms. The average Bonchev–Trinajstić information content (AvgIpc) is 1.99. The first-order chi connectivity index (χ1) is 6.73. The minimum atomic E-state index is -0.0634. The summed E-state index contributed by atoms with van der Waals surface area (Å²) in [6.07, 6.45) is 0. The molecule has 0 radical (unpaired) electrons. The third-order valence-electron chi connectivity index (χ3n) is 2.74. The Labute approximate surface area is 101 Å². The molecular formula is C13H20BrN. The smallest absolute Gasteiger partial charge is 0.0866 e. The van der Waals surface area contributed by atoms with E-state index in [2.05, 4.69) is 62.7 Å². The van der Waals surface area contributed by atoms with Crippen molar-refractivity contribution in [2.45, 2.75) is 45.0 Å². The van der Waals surface area contributed by atoms with Crippen LogP contribution < -0.4 is 5.73 Å². The van der Waals surface area contributed by atoms with E-state index in [0.717, 1.165) is 0 Å². The topological polar surface area (TPSA) is 26.0 Å². The number of hydrogen-bond donors (Lipinski definition) is 1. The lowest BCUT2D eigenvalue weighted by molar-refractivity contribution is 0.588. The van der Waals surface area contributed by atoms with Crippen LogP contribution in [0.25, 0.3) is 0 Å². The van der Waals surface area contributed by atoms with E-state index in [1.54, 1.807) is 0 Å². The molecule has 1 atom stereocenters. The Bertz CT molecular complexity index is 338. The van der Waals surface area contributed by atoms with Crippen LogP contribution >= 0.6 is 15.9 Å². The standard InChI is InChI=1S/C13H20BrN/c1-8-6-10(13(3,4)5)7-9(2)11(8)12(14)15/h6-7,12H,15H2,1-5H3. The van der Waals surface area contributed by atoms with Crippen LogP contribution in [0.15, 0.2) is 12.1 Å². The minimum Gasteiger partial charge on any atom is -0.315 e. The second kappa shape index (κ2) is 4.26. The van der Waals surface area contributed by atoms with Gasteiger partial charge in [-0.3, -0.25) is 0 Å². The van der Waals surface area contributed by atoms with Crippen LogP contribution in [0.4, 0.5) is 0 Å². The fourth-order valence-corrected chi connectivity index (χ4v) is 2.56. The first-order valence-electron chi connectivity index (χ1n) is 5.24. The van der Waals surface area contributed by atoms with Gasteiger partial charge < -0.3 is 5.73 Å². The van der Waals surface area contributed by atoms with E-state index in [1.165, 1.54) is 22.3 Å². The van der Waals surface area contributed by atoms with E-state index in [4.69, 9.17) is 5.73 Å². The maximum atomic E-state index is 5.89. The van der Waals surface area contributed by atoms with Crippen LogP contribution in [-0.4, -0.2) is 0 Å². The highest BCUT2D eigenvalue weighted by Gasteiger charge is 2.17. The predicted octanol–water partition coefficient (Wildman–Crippen LogP) is 3.95. The third-order valence-corrected chi connectivity index (χ3v) is 3.19. The van der Waals surface area contributed by atoms with Gasteiger partial charge in [0.15, 0.2) is 0 Å². The van der Waals surface area contributed by atoms with Gasteiger partial charge in [0.1, 0.15) is 0 Å². The zero-order valence-electron chi connectivity index (χ0n) is 10.2. The molecule has 1 rings (SSSR count). The first-order valence-corrected chi connectivity index (χ1v) is 6.16. The highest BCUT2D eigenvalue weighted by Crippen LogP contribution is 2.30. The lowest BCUT2D eigenvalue weighted by Crippen LogP contribution is -2.14. The van der Waals surface area contributed by atoms with E-state index in [-0.39, 0.29) is 10.4 Å². The van der Waals surface area contributed by atoms with Crippen molar-refractivity contribution in [3.8, 4) is 0 Å². The summed E-state index contributed by atoms with van der Waals surface area (Å²) in [5, 5.41) is 0. The zero-order valence-corrected chi connectivity index (χ0v) is 11.8. The molecule has 0 aliphatic carbocycles. The lowest BCUT2D eigenvalue weighted by atomic mass is 9.84. The zero-order chi connectivity index (χ0) is 11.8. The van der Waals surface area contributed by atoms with Gasteiger partial charge in [0.25, 0.3) is 0 Å². The largest absolute Gasteiger partial charge is 0.315 e. The van der Waals surface area contributed by atoms with Crippen molar-refractivity contribution in [3.63, 3.8) is 0 Å². The number of aryl methyl sites for hydroxylation is 2. The molecule has 0 heterocycles. The second-order valence-corrected chi connectivity index (χ2v) is 6.16. The van der Waals surface area contributed by atoms with Gasteiger partial charge in [-0.1, -0.05) is 48.8 Å². The molecule has 1 unspecified atom stereocenters. The summed E-state index contributed by atoms with van der Waals surface area (Å²) in [7, 11) is 0. The van der Waals surface area contributed by atoms with Gasteiger partial charge in [-0.25, -0.2) is 0 Å². The van der Waals surface area contributed by atoms with Crippen LogP contribution in [0, 0.1) is 13.8 Å². The first kappa shape index (κ1) is 12.7. The molecule has 0 aromatic heterocycles. The molecule has 15 heavy (non-hydrogen) atoms. The van der Waals surface area contributed by atoms with Crippen molar-refractivity contribution in [3.05, 3.63) is 34.4 Å². The van der Waals surface area contributed by atoms with Crippen molar-refractivity contribution in [1.29, 1.82) is 0 Å². The van der Waals surface area contributed by atoms with Crippen molar-refractivity contribution < 1.29 is 0 Å². The Morgan fingerprint density at radius 1 is 1.13 bits per heavy atom. The number of rotatable bonds is 1. The summed E-state index contributed by atoms with van der Waals surface area (Å²) < 4.78 is 0. The molecule has 2 N–H and O–H groups in total. The van der Waals surface area contributed by atoms with E-state index in [1.807, 2.05) is 0 Å². The van der Waals surface area contributed by atoms with Gasteiger partial charge in [-0.05, 0) is 41.5 Å². The van der Waals surface area contributed by atoms with Crippen molar-refractivity contribution >= 4 is 15.9 Å². The molecule has 1 aromatic rings. The molecule has 0 saturated heterocycles.